The summed E-state index contributed by atoms with van der Waals surface area (Å²) in [5, 5.41) is 25.4. The van der Waals surface area contributed by atoms with Crippen LogP contribution in [0, 0.1) is 6.92 Å². The Balaban J connectivity index is 1.51. The van der Waals surface area contributed by atoms with Crippen molar-refractivity contribution in [2.24, 2.45) is 0 Å². The molecule has 0 bridgehead atoms. The highest BCUT2D eigenvalue weighted by atomic mass is 16.3. The maximum Gasteiger partial charge on any atom is 0.180 e. The first kappa shape index (κ1) is 19.1. The molecule has 0 spiro atoms. The number of H-pyrrole nitrogens is 1. The Morgan fingerprint density at radius 2 is 1.77 bits per heavy atom. The second kappa shape index (κ2) is 7.77. The van der Waals surface area contributed by atoms with Gasteiger partial charge in [-0.3, -0.25) is 0 Å². The summed E-state index contributed by atoms with van der Waals surface area (Å²) in [4.78, 5) is 4.69. The molecule has 0 fully saturated rings. The summed E-state index contributed by atoms with van der Waals surface area (Å²) in [5.41, 5.74) is 7.57. The van der Waals surface area contributed by atoms with Crippen molar-refractivity contribution in [1.82, 2.24) is 30.0 Å². The highest BCUT2D eigenvalue weighted by molar-refractivity contribution is 5.80. The van der Waals surface area contributed by atoms with E-state index in [0.29, 0.717) is 5.82 Å². The number of rotatable bonds is 5. The molecule has 0 saturated heterocycles. The van der Waals surface area contributed by atoms with E-state index in [-0.39, 0.29) is 0 Å². The number of benzene rings is 2. The number of imidazole rings is 1. The summed E-state index contributed by atoms with van der Waals surface area (Å²) in [6.07, 6.45) is 2.10. The van der Waals surface area contributed by atoms with Crippen LogP contribution >= 0.6 is 0 Å². The summed E-state index contributed by atoms with van der Waals surface area (Å²) in [5.74, 6) is 0.619. The first-order valence-corrected chi connectivity index (χ1v) is 10.2. The molecule has 31 heavy (non-hydrogen) atoms. The van der Waals surface area contributed by atoms with E-state index in [4.69, 9.17) is 0 Å². The maximum absolute atomic E-state index is 11.1. The van der Waals surface area contributed by atoms with Crippen molar-refractivity contribution in [2.75, 3.05) is 0 Å². The van der Waals surface area contributed by atoms with Gasteiger partial charge in [-0.2, -0.15) is 0 Å². The first-order chi connectivity index (χ1) is 15.2. The number of aliphatic hydroxyl groups is 1. The normalized spacial score (nSPS) is 12.4. The Hall–Kier alpha value is -3.84. The highest BCUT2D eigenvalue weighted by Gasteiger charge is 2.17. The van der Waals surface area contributed by atoms with Gasteiger partial charge in [-0.25, -0.2) is 10.1 Å². The van der Waals surface area contributed by atoms with Gasteiger partial charge in [-0.15, -0.1) is 5.10 Å². The SMILES string of the molecule is CCc1cn2c([C@H](O)c3ccc(-c4ccccc4-c4nnn[nH]4)cc3)ccc(C)c2n1. The third-order valence-corrected chi connectivity index (χ3v) is 5.60. The molecule has 0 saturated carbocycles. The number of hydrogen-bond donors (Lipinski definition) is 2. The van der Waals surface area contributed by atoms with E-state index in [9.17, 15) is 5.11 Å². The van der Waals surface area contributed by atoms with Crippen LogP contribution in [-0.4, -0.2) is 35.1 Å². The fourth-order valence-electron chi connectivity index (χ4n) is 3.89. The maximum atomic E-state index is 11.1. The number of fused-ring (bicyclic) bond motifs is 1. The van der Waals surface area contributed by atoms with Crippen LogP contribution < -0.4 is 0 Å². The van der Waals surface area contributed by atoms with Crippen molar-refractivity contribution in [3.63, 3.8) is 0 Å². The van der Waals surface area contributed by atoms with Crippen LogP contribution in [0.3, 0.4) is 0 Å². The predicted octanol–water partition coefficient (Wildman–Crippen LogP) is 4.13. The Morgan fingerprint density at radius 3 is 2.48 bits per heavy atom. The summed E-state index contributed by atoms with van der Waals surface area (Å²) in [7, 11) is 0. The van der Waals surface area contributed by atoms with Gasteiger partial charge in [-0.05, 0) is 52.1 Å². The molecule has 5 aromatic rings. The van der Waals surface area contributed by atoms with Gasteiger partial charge in [0.2, 0.25) is 0 Å². The van der Waals surface area contributed by atoms with E-state index in [1.807, 2.05) is 78.2 Å². The second-order valence-electron chi connectivity index (χ2n) is 7.54. The summed E-state index contributed by atoms with van der Waals surface area (Å²) in [6, 6.07) is 19.9. The Bertz CT molecular complexity index is 1340. The lowest BCUT2D eigenvalue weighted by Gasteiger charge is -2.15. The summed E-state index contributed by atoms with van der Waals surface area (Å²) in [6.45, 7) is 4.12. The average molecular weight is 410 g/mol. The van der Waals surface area contributed by atoms with Crippen molar-refractivity contribution >= 4 is 5.65 Å². The quantitative estimate of drug-likeness (QED) is 0.454. The number of pyridine rings is 1. The minimum atomic E-state index is -0.759. The van der Waals surface area contributed by atoms with Gasteiger partial charge >= 0.3 is 0 Å². The topological polar surface area (TPSA) is 92.0 Å². The number of hydrogen-bond acceptors (Lipinski definition) is 5. The van der Waals surface area contributed by atoms with Gasteiger partial charge in [0.25, 0.3) is 0 Å². The molecule has 2 N–H and O–H groups in total. The van der Waals surface area contributed by atoms with Crippen LogP contribution in [0.25, 0.3) is 28.2 Å². The predicted molar refractivity (Wildman–Crippen MR) is 118 cm³/mol. The smallest absolute Gasteiger partial charge is 0.180 e. The van der Waals surface area contributed by atoms with E-state index in [1.165, 1.54) is 0 Å². The molecule has 2 aromatic carbocycles. The van der Waals surface area contributed by atoms with Gasteiger partial charge in [0.15, 0.2) is 5.82 Å². The molecule has 3 aromatic heterocycles. The van der Waals surface area contributed by atoms with Gasteiger partial charge in [0, 0.05) is 11.8 Å². The van der Waals surface area contributed by atoms with Gasteiger partial charge in [-0.1, -0.05) is 61.5 Å². The van der Waals surface area contributed by atoms with Crippen LogP contribution in [0.1, 0.15) is 35.5 Å². The highest BCUT2D eigenvalue weighted by Crippen LogP contribution is 2.31. The van der Waals surface area contributed by atoms with E-state index in [1.54, 1.807) is 0 Å². The molecule has 1 atom stereocenters. The van der Waals surface area contributed by atoms with Gasteiger partial charge in [0.1, 0.15) is 11.8 Å². The first-order valence-electron chi connectivity index (χ1n) is 10.2. The summed E-state index contributed by atoms with van der Waals surface area (Å²) >= 11 is 0. The van der Waals surface area contributed by atoms with Gasteiger partial charge < -0.3 is 9.51 Å². The molecule has 7 heteroatoms. The average Bonchev–Trinajstić information content (AvgIpc) is 3.50. The number of tetrazole rings is 1. The zero-order valence-electron chi connectivity index (χ0n) is 17.3. The molecule has 7 nitrogen and oxygen atoms in total. The zero-order chi connectivity index (χ0) is 21.4. The van der Waals surface area contributed by atoms with Crippen LogP contribution in [-0.2, 0) is 6.42 Å². The van der Waals surface area contributed by atoms with Crippen LogP contribution in [0.2, 0.25) is 0 Å². The zero-order valence-corrected chi connectivity index (χ0v) is 17.3. The number of aromatic nitrogens is 6. The Labute approximate surface area is 179 Å². The van der Waals surface area contributed by atoms with Crippen LogP contribution in [0.5, 0.6) is 0 Å². The van der Waals surface area contributed by atoms with Gasteiger partial charge in [0.05, 0.1) is 11.4 Å². The van der Waals surface area contributed by atoms with Crippen molar-refractivity contribution < 1.29 is 5.11 Å². The molecular formula is C24H22N6O. The molecule has 0 aliphatic carbocycles. The molecule has 0 aliphatic rings. The van der Waals surface area contributed by atoms with Crippen LogP contribution in [0.15, 0.2) is 66.9 Å². The lowest BCUT2D eigenvalue weighted by molar-refractivity contribution is 0.214. The minimum Gasteiger partial charge on any atom is -0.382 e. The number of aliphatic hydroxyl groups excluding tert-OH is 1. The number of nitrogens with zero attached hydrogens (tertiary/aromatic N) is 5. The third-order valence-electron chi connectivity index (χ3n) is 5.60. The van der Waals surface area contributed by atoms with Crippen molar-refractivity contribution in [1.29, 1.82) is 0 Å². The lowest BCUT2D eigenvalue weighted by atomic mass is 9.96. The van der Waals surface area contributed by atoms with E-state index in [2.05, 4.69) is 32.5 Å². The van der Waals surface area contributed by atoms with E-state index < -0.39 is 6.10 Å². The fourth-order valence-corrected chi connectivity index (χ4v) is 3.89. The number of aromatic amines is 1. The van der Waals surface area contributed by atoms with Crippen molar-refractivity contribution in [2.45, 2.75) is 26.4 Å². The molecule has 0 unspecified atom stereocenters. The molecular weight excluding hydrogens is 388 g/mol. The molecule has 154 valence electrons. The van der Waals surface area contributed by atoms with Crippen molar-refractivity contribution in [3.8, 4) is 22.5 Å². The molecule has 0 amide bonds. The van der Waals surface area contributed by atoms with E-state index in [0.717, 1.165) is 51.3 Å². The monoisotopic (exact) mass is 410 g/mol. The number of aryl methyl sites for hydroxylation is 2. The van der Waals surface area contributed by atoms with Crippen LogP contribution in [0.4, 0.5) is 0 Å². The molecule has 0 radical (unpaired) electrons. The largest absolute Gasteiger partial charge is 0.382 e. The Morgan fingerprint density at radius 1 is 1.00 bits per heavy atom. The summed E-state index contributed by atoms with van der Waals surface area (Å²) < 4.78 is 2.00. The minimum absolute atomic E-state index is 0.619. The Kier molecular flexibility index (Phi) is 4.80. The third kappa shape index (κ3) is 3.39. The standard InChI is InChI=1S/C24H22N6O/c1-3-18-14-30-21(13-8-15(2)24(30)25-18)22(31)17-11-9-16(10-12-17)19-6-4-5-7-20(19)23-26-28-29-27-23/h4-14,22,31H,3H2,1-2H3,(H,26,27,28,29)/t22-/m1/s1. The second-order valence-corrected chi connectivity index (χ2v) is 7.54. The molecule has 5 rings (SSSR count). The fraction of sp³-hybridized carbons (Fsp3) is 0.167. The van der Waals surface area contributed by atoms with Crippen molar-refractivity contribution in [3.05, 3.63) is 89.4 Å². The lowest BCUT2D eigenvalue weighted by Crippen LogP contribution is -2.06. The number of nitrogens with one attached hydrogen (secondary N) is 1. The molecule has 0 aliphatic heterocycles. The van der Waals surface area contributed by atoms with E-state index >= 15 is 0 Å². The molecule has 3 heterocycles.